The van der Waals surface area contributed by atoms with Crippen molar-refractivity contribution in [1.29, 1.82) is 0 Å². The largest absolute Gasteiger partial charge is 0.511 e. The summed E-state index contributed by atoms with van der Waals surface area (Å²) in [5.41, 5.74) is 0.527. The van der Waals surface area contributed by atoms with Crippen molar-refractivity contribution in [2.75, 3.05) is 18.0 Å². The summed E-state index contributed by atoms with van der Waals surface area (Å²) in [6.07, 6.45) is 3.96. The summed E-state index contributed by atoms with van der Waals surface area (Å²) < 4.78 is 21.4. The molecule has 8 heteroatoms. The Bertz CT molecular complexity index is 989. The molecule has 2 aliphatic heterocycles. The van der Waals surface area contributed by atoms with Gasteiger partial charge in [-0.1, -0.05) is 0 Å². The molecule has 2 aromatic rings. The topological polar surface area (TPSA) is 83.8 Å². The van der Waals surface area contributed by atoms with Crippen LogP contribution >= 0.6 is 0 Å². The highest BCUT2D eigenvalue weighted by Gasteiger charge is 2.34. The fourth-order valence-corrected chi connectivity index (χ4v) is 4.39. The molecule has 142 valence electrons. The van der Waals surface area contributed by atoms with Crippen LogP contribution in [0, 0.1) is 5.82 Å². The minimum absolute atomic E-state index is 0.153. The Morgan fingerprint density at radius 2 is 1.89 bits per heavy atom. The lowest BCUT2D eigenvalue weighted by molar-refractivity contribution is 0.143. The van der Waals surface area contributed by atoms with Gasteiger partial charge in [0.15, 0.2) is 5.75 Å². The summed E-state index contributed by atoms with van der Waals surface area (Å²) in [7, 11) is 0. The van der Waals surface area contributed by atoms with Crippen LogP contribution in [0.2, 0.25) is 0 Å². The fraction of sp³-hybridized carbons (Fsp3) is 0.474. The number of hydrogen-bond donors (Lipinski definition) is 2. The molecule has 2 unspecified atom stereocenters. The molecular formula is C19H20FN3O4. The van der Waals surface area contributed by atoms with E-state index in [0.717, 1.165) is 38.8 Å². The molecule has 5 rings (SSSR count). The third kappa shape index (κ3) is 2.84. The number of halogens is 1. The zero-order valence-corrected chi connectivity index (χ0v) is 14.7. The third-order valence-electron chi connectivity index (χ3n) is 5.76. The Kier molecular flexibility index (Phi) is 3.65. The van der Waals surface area contributed by atoms with Gasteiger partial charge in [-0.25, -0.2) is 9.18 Å². The maximum Gasteiger partial charge on any atom is 0.511 e. The van der Waals surface area contributed by atoms with Crippen molar-refractivity contribution in [2.24, 2.45) is 0 Å². The first-order chi connectivity index (χ1) is 13.0. The minimum Gasteiger partial charge on any atom is -0.449 e. The normalized spacial score (nSPS) is 24.4. The zero-order chi connectivity index (χ0) is 18.7. The van der Waals surface area contributed by atoms with Gasteiger partial charge in [-0.3, -0.25) is 4.79 Å². The Balaban J connectivity index is 1.65. The van der Waals surface area contributed by atoms with E-state index in [1.807, 2.05) is 4.57 Å². The Hall–Kier alpha value is -2.61. The van der Waals surface area contributed by atoms with Crippen molar-refractivity contribution in [1.82, 2.24) is 9.88 Å². The molecule has 3 fully saturated rings. The molecule has 3 heterocycles. The fourth-order valence-electron chi connectivity index (χ4n) is 4.39. The number of aromatic nitrogens is 1. The molecule has 0 spiro atoms. The summed E-state index contributed by atoms with van der Waals surface area (Å²) in [6, 6.07) is 3.89. The second kappa shape index (κ2) is 5.95. The van der Waals surface area contributed by atoms with Gasteiger partial charge in [0.05, 0.1) is 22.8 Å². The maximum absolute atomic E-state index is 14.9. The van der Waals surface area contributed by atoms with Gasteiger partial charge in [0.2, 0.25) is 5.43 Å². The van der Waals surface area contributed by atoms with Gasteiger partial charge >= 0.3 is 6.16 Å². The van der Waals surface area contributed by atoms with Crippen LogP contribution in [0.1, 0.15) is 31.7 Å². The highest BCUT2D eigenvalue weighted by Crippen LogP contribution is 2.39. The molecular weight excluding hydrogens is 353 g/mol. The van der Waals surface area contributed by atoms with E-state index in [2.05, 4.69) is 15.0 Å². The number of benzene rings is 1. The second-order valence-corrected chi connectivity index (χ2v) is 7.69. The molecule has 2 atom stereocenters. The van der Waals surface area contributed by atoms with Crippen LogP contribution in [-0.2, 0) is 0 Å². The number of rotatable bonds is 3. The molecule has 1 aliphatic carbocycles. The molecule has 1 saturated carbocycles. The zero-order valence-electron chi connectivity index (χ0n) is 14.7. The van der Waals surface area contributed by atoms with Gasteiger partial charge in [-0.15, -0.1) is 0 Å². The summed E-state index contributed by atoms with van der Waals surface area (Å²) in [6.45, 7) is 1.49. The first-order valence-electron chi connectivity index (χ1n) is 9.30. The average Bonchev–Trinajstić information content (AvgIpc) is 3.41. The van der Waals surface area contributed by atoms with Crippen molar-refractivity contribution < 1.29 is 19.0 Å². The first kappa shape index (κ1) is 16.6. The van der Waals surface area contributed by atoms with Gasteiger partial charge in [-0.2, -0.15) is 0 Å². The van der Waals surface area contributed by atoms with E-state index in [0.29, 0.717) is 23.3 Å². The van der Waals surface area contributed by atoms with Crippen LogP contribution in [0.5, 0.6) is 5.75 Å². The highest BCUT2D eigenvalue weighted by molar-refractivity contribution is 5.85. The Labute approximate surface area is 154 Å². The summed E-state index contributed by atoms with van der Waals surface area (Å²) >= 11 is 0. The van der Waals surface area contributed by atoms with Gasteiger partial charge in [0.25, 0.3) is 0 Å². The number of carbonyl (C=O) groups is 1. The van der Waals surface area contributed by atoms with E-state index in [1.165, 1.54) is 12.3 Å². The lowest BCUT2D eigenvalue weighted by Gasteiger charge is -2.35. The molecule has 2 saturated heterocycles. The highest BCUT2D eigenvalue weighted by atomic mass is 19.1. The van der Waals surface area contributed by atoms with Crippen molar-refractivity contribution >= 4 is 22.7 Å². The van der Waals surface area contributed by atoms with E-state index >= 15 is 0 Å². The van der Waals surface area contributed by atoms with E-state index in [-0.39, 0.29) is 17.2 Å². The minimum atomic E-state index is -1.55. The van der Waals surface area contributed by atoms with Gasteiger partial charge in [0, 0.05) is 31.2 Å². The molecule has 0 radical (unpaired) electrons. The van der Waals surface area contributed by atoms with E-state index in [9.17, 15) is 14.0 Å². The summed E-state index contributed by atoms with van der Waals surface area (Å²) in [5, 5.41) is 12.6. The van der Waals surface area contributed by atoms with Crippen LogP contribution in [0.4, 0.5) is 14.9 Å². The van der Waals surface area contributed by atoms with E-state index < -0.39 is 17.4 Å². The van der Waals surface area contributed by atoms with Crippen molar-refractivity contribution in [3.05, 3.63) is 34.4 Å². The standard InChI is InChI=1S/C19H20FN3O4/c20-14-5-13-15(6-16(14)22-7-10-1-2-11(8-22)21-10)23(12-3-4-12)9-17(18(13)24)27-19(25)26/h5-6,9-12,21H,1-4,7-8H2,(H,25,26). The maximum atomic E-state index is 14.9. The molecule has 7 nitrogen and oxygen atoms in total. The van der Waals surface area contributed by atoms with Gasteiger partial charge in [-0.05, 0) is 37.8 Å². The summed E-state index contributed by atoms with van der Waals surface area (Å²) in [4.78, 5) is 25.6. The molecule has 27 heavy (non-hydrogen) atoms. The van der Waals surface area contributed by atoms with Crippen LogP contribution in [-0.4, -0.2) is 41.0 Å². The number of anilines is 1. The number of ether oxygens (including phenoxy) is 1. The first-order valence-corrected chi connectivity index (χ1v) is 9.30. The lowest BCUT2D eigenvalue weighted by atomic mass is 10.1. The molecule has 2 bridgehead atoms. The van der Waals surface area contributed by atoms with Crippen molar-refractivity contribution in [3.8, 4) is 5.75 Å². The quantitative estimate of drug-likeness (QED) is 0.805. The second-order valence-electron chi connectivity index (χ2n) is 7.69. The monoisotopic (exact) mass is 373 g/mol. The van der Waals surface area contributed by atoms with Crippen molar-refractivity contribution in [3.63, 3.8) is 0 Å². The van der Waals surface area contributed by atoms with E-state index in [4.69, 9.17) is 5.11 Å². The molecule has 1 aromatic carbocycles. The number of fused-ring (bicyclic) bond motifs is 3. The Morgan fingerprint density at radius 3 is 2.52 bits per heavy atom. The van der Waals surface area contributed by atoms with Crippen LogP contribution < -0.4 is 20.4 Å². The smallest absolute Gasteiger partial charge is 0.449 e. The van der Waals surface area contributed by atoms with Crippen molar-refractivity contribution in [2.45, 2.75) is 43.8 Å². The average molecular weight is 373 g/mol. The third-order valence-corrected chi connectivity index (χ3v) is 5.76. The van der Waals surface area contributed by atoms with Crippen LogP contribution in [0.15, 0.2) is 23.1 Å². The predicted molar refractivity (Wildman–Crippen MR) is 97.2 cm³/mol. The van der Waals surface area contributed by atoms with Gasteiger partial charge in [0.1, 0.15) is 5.82 Å². The van der Waals surface area contributed by atoms with Gasteiger partial charge < -0.3 is 24.6 Å². The summed E-state index contributed by atoms with van der Waals surface area (Å²) in [5.74, 6) is -0.745. The number of hydrogen-bond acceptors (Lipinski definition) is 5. The number of carboxylic acid groups (broad SMARTS) is 1. The van der Waals surface area contributed by atoms with Crippen LogP contribution in [0.3, 0.4) is 0 Å². The van der Waals surface area contributed by atoms with Crippen LogP contribution in [0.25, 0.3) is 10.9 Å². The molecule has 1 aromatic heterocycles. The number of piperazine rings is 1. The number of nitrogens with zero attached hydrogens (tertiary/aromatic N) is 2. The number of nitrogens with one attached hydrogen (secondary N) is 1. The lowest BCUT2D eigenvalue weighted by Crippen LogP contribution is -2.51. The number of pyridine rings is 1. The predicted octanol–water partition coefficient (Wildman–Crippen LogP) is 2.47. The molecule has 0 amide bonds. The van der Waals surface area contributed by atoms with E-state index in [1.54, 1.807) is 6.07 Å². The molecule has 3 aliphatic rings. The Morgan fingerprint density at radius 1 is 1.19 bits per heavy atom. The molecule has 2 N–H and O–H groups in total. The SMILES string of the molecule is O=C(O)Oc1cn(C2CC2)c2cc(N3CC4CCC(C3)N4)c(F)cc2c1=O.